The maximum absolute atomic E-state index is 13.1. The molecular formula is C20H20N6O2S. The molecule has 0 aliphatic rings. The number of nitrogens with zero attached hydrogens (tertiary/aromatic N) is 6. The van der Waals surface area contributed by atoms with E-state index in [-0.39, 0.29) is 5.91 Å². The number of methoxy groups -OCH3 is 1. The first-order valence-corrected chi connectivity index (χ1v) is 9.97. The minimum atomic E-state index is -0.103. The molecule has 0 unspecified atom stereocenters. The van der Waals surface area contributed by atoms with Gasteiger partial charge in [0.25, 0.3) is 5.91 Å². The van der Waals surface area contributed by atoms with E-state index >= 15 is 0 Å². The molecule has 0 saturated heterocycles. The van der Waals surface area contributed by atoms with Gasteiger partial charge in [-0.05, 0) is 24.6 Å². The number of thiazole rings is 1. The maximum atomic E-state index is 13.1. The highest BCUT2D eigenvalue weighted by molar-refractivity contribution is 7.18. The van der Waals surface area contributed by atoms with Crippen LogP contribution in [0.2, 0.25) is 0 Å². The highest BCUT2D eigenvalue weighted by Crippen LogP contribution is 2.23. The first-order valence-electron chi connectivity index (χ1n) is 9.15. The number of para-hydroxylation sites is 1. The predicted molar refractivity (Wildman–Crippen MR) is 111 cm³/mol. The molecule has 0 atom stereocenters. The van der Waals surface area contributed by atoms with E-state index in [1.807, 2.05) is 31.2 Å². The molecule has 0 saturated carbocycles. The Morgan fingerprint density at radius 2 is 2.03 bits per heavy atom. The van der Waals surface area contributed by atoms with Crippen LogP contribution in [-0.4, -0.2) is 49.9 Å². The highest BCUT2D eigenvalue weighted by Gasteiger charge is 2.22. The number of amides is 1. The third kappa shape index (κ3) is 3.68. The van der Waals surface area contributed by atoms with Crippen LogP contribution in [0.4, 0.5) is 0 Å². The standard InChI is InChI=1S/C20H20N6O2S/c1-4-15-13(11-21-26(15)17-9-10-18(28-3)24-23-17)20(27)25(2)12-19-22-14-7-5-6-8-16(14)29-19/h5-11H,4,12H2,1-3H3. The minimum absolute atomic E-state index is 0.103. The predicted octanol–water partition coefficient (Wildman–Crippen LogP) is 3.12. The van der Waals surface area contributed by atoms with Crippen molar-refractivity contribution in [1.82, 2.24) is 29.9 Å². The van der Waals surface area contributed by atoms with Crippen LogP contribution >= 0.6 is 11.3 Å². The number of ether oxygens (including phenoxy) is 1. The van der Waals surface area contributed by atoms with E-state index in [9.17, 15) is 4.79 Å². The quantitative estimate of drug-likeness (QED) is 0.487. The summed E-state index contributed by atoms with van der Waals surface area (Å²) in [6.07, 6.45) is 2.21. The average molecular weight is 408 g/mol. The molecule has 4 rings (SSSR count). The molecule has 0 spiro atoms. The van der Waals surface area contributed by atoms with Crippen LogP contribution in [0.5, 0.6) is 5.88 Å². The zero-order chi connectivity index (χ0) is 20.4. The molecule has 3 heterocycles. The van der Waals surface area contributed by atoms with Crippen LogP contribution in [0.25, 0.3) is 16.0 Å². The van der Waals surface area contributed by atoms with Gasteiger partial charge >= 0.3 is 0 Å². The van der Waals surface area contributed by atoms with Crippen molar-refractivity contribution in [2.24, 2.45) is 0 Å². The van der Waals surface area contributed by atoms with Gasteiger partial charge in [-0.3, -0.25) is 4.79 Å². The first kappa shape index (κ1) is 19.0. The molecule has 0 fully saturated rings. The molecular weight excluding hydrogens is 388 g/mol. The number of carbonyl (C=O) groups is 1. The fourth-order valence-corrected chi connectivity index (χ4v) is 4.11. The van der Waals surface area contributed by atoms with Crippen molar-refractivity contribution in [2.45, 2.75) is 19.9 Å². The largest absolute Gasteiger partial charge is 0.480 e. The fraction of sp³-hybridized carbons (Fsp3) is 0.250. The van der Waals surface area contributed by atoms with Gasteiger partial charge in [0.1, 0.15) is 5.01 Å². The van der Waals surface area contributed by atoms with Gasteiger partial charge in [0, 0.05) is 13.1 Å². The van der Waals surface area contributed by atoms with Gasteiger partial charge in [0.15, 0.2) is 5.82 Å². The third-order valence-corrected chi connectivity index (χ3v) is 5.56. The Kier molecular flexibility index (Phi) is 5.22. The molecule has 0 radical (unpaired) electrons. The molecule has 0 N–H and O–H groups in total. The van der Waals surface area contributed by atoms with Crippen LogP contribution < -0.4 is 4.74 Å². The Morgan fingerprint density at radius 1 is 1.21 bits per heavy atom. The van der Waals surface area contributed by atoms with Crippen molar-refractivity contribution >= 4 is 27.5 Å². The Balaban J connectivity index is 1.58. The van der Waals surface area contributed by atoms with Gasteiger partial charge in [-0.25, -0.2) is 9.67 Å². The second kappa shape index (κ2) is 7.96. The van der Waals surface area contributed by atoms with Gasteiger partial charge in [0.2, 0.25) is 5.88 Å². The van der Waals surface area contributed by atoms with Crippen molar-refractivity contribution in [1.29, 1.82) is 0 Å². The molecule has 3 aromatic heterocycles. The Labute approximate surface area is 171 Å². The van der Waals surface area contributed by atoms with E-state index in [4.69, 9.17) is 4.74 Å². The topological polar surface area (TPSA) is 86.0 Å². The number of rotatable bonds is 6. The Hall–Kier alpha value is -3.33. The Morgan fingerprint density at radius 3 is 2.72 bits per heavy atom. The molecule has 148 valence electrons. The number of aromatic nitrogens is 5. The second-order valence-electron chi connectivity index (χ2n) is 6.44. The number of hydrogen-bond acceptors (Lipinski definition) is 7. The zero-order valence-corrected chi connectivity index (χ0v) is 17.2. The summed E-state index contributed by atoms with van der Waals surface area (Å²) in [6.45, 7) is 2.42. The summed E-state index contributed by atoms with van der Waals surface area (Å²) in [5.41, 5.74) is 2.29. The van der Waals surface area contributed by atoms with E-state index in [1.165, 1.54) is 7.11 Å². The van der Waals surface area contributed by atoms with Crippen molar-refractivity contribution in [2.75, 3.05) is 14.2 Å². The summed E-state index contributed by atoms with van der Waals surface area (Å²) < 4.78 is 7.80. The van der Waals surface area contributed by atoms with Crippen molar-refractivity contribution in [3.63, 3.8) is 0 Å². The summed E-state index contributed by atoms with van der Waals surface area (Å²) in [6, 6.07) is 11.4. The van der Waals surface area contributed by atoms with Gasteiger partial charge in [-0.15, -0.1) is 21.5 Å². The van der Waals surface area contributed by atoms with Gasteiger partial charge in [-0.2, -0.15) is 5.10 Å². The lowest BCUT2D eigenvalue weighted by molar-refractivity contribution is 0.0784. The van der Waals surface area contributed by atoms with Crippen LogP contribution in [-0.2, 0) is 13.0 Å². The van der Waals surface area contributed by atoms with Crippen LogP contribution in [0.1, 0.15) is 28.0 Å². The monoisotopic (exact) mass is 408 g/mol. The summed E-state index contributed by atoms with van der Waals surface area (Å²) >= 11 is 1.60. The summed E-state index contributed by atoms with van der Waals surface area (Å²) in [5, 5.41) is 13.4. The third-order valence-electron chi connectivity index (χ3n) is 4.54. The first-order chi connectivity index (χ1) is 14.1. The Bertz CT molecular complexity index is 1120. The maximum Gasteiger partial charge on any atom is 0.257 e. The number of fused-ring (bicyclic) bond motifs is 1. The zero-order valence-electron chi connectivity index (χ0n) is 16.4. The SMILES string of the molecule is CCc1c(C(=O)N(C)Cc2nc3ccccc3s2)cnn1-c1ccc(OC)nn1. The number of hydrogen-bond donors (Lipinski definition) is 0. The van der Waals surface area contributed by atoms with Crippen LogP contribution in [0.3, 0.4) is 0 Å². The lowest BCUT2D eigenvalue weighted by Gasteiger charge is -2.16. The normalized spacial score (nSPS) is 11.0. The van der Waals surface area contributed by atoms with Gasteiger partial charge < -0.3 is 9.64 Å². The number of carbonyl (C=O) groups excluding carboxylic acids is 1. The van der Waals surface area contributed by atoms with E-state index < -0.39 is 0 Å². The molecule has 8 nitrogen and oxygen atoms in total. The van der Waals surface area contributed by atoms with Crippen molar-refractivity contribution < 1.29 is 9.53 Å². The van der Waals surface area contributed by atoms with E-state index in [0.29, 0.717) is 30.2 Å². The summed E-state index contributed by atoms with van der Waals surface area (Å²) in [5.74, 6) is 0.857. The average Bonchev–Trinajstić information content (AvgIpc) is 3.36. The molecule has 9 heteroatoms. The lowest BCUT2D eigenvalue weighted by Crippen LogP contribution is -2.27. The van der Waals surface area contributed by atoms with Gasteiger partial charge in [-0.1, -0.05) is 19.1 Å². The number of benzene rings is 1. The summed E-state index contributed by atoms with van der Waals surface area (Å²) in [7, 11) is 3.31. The van der Waals surface area contributed by atoms with E-state index in [1.54, 1.807) is 46.3 Å². The van der Waals surface area contributed by atoms with E-state index in [2.05, 4.69) is 20.3 Å². The molecule has 1 aromatic carbocycles. The highest BCUT2D eigenvalue weighted by atomic mass is 32.1. The molecule has 0 aliphatic heterocycles. The van der Waals surface area contributed by atoms with Crippen molar-refractivity contribution in [3.05, 3.63) is 58.9 Å². The second-order valence-corrected chi connectivity index (χ2v) is 7.56. The van der Waals surface area contributed by atoms with E-state index in [0.717, 1.165) is 20.9 Å². The fourth-order valence-electron chi connectivity index (χ4n) is 3.09. The molecule has 0 bridgehead atoms. The molecule has 0 aliphatic carbocycles. The smallest absolute Gasteiger partial charge is 0.257 e. The van der Waals surface area contributed by atoms with Gasteiger partial charge in [0.05, 0.1) is 41.3 Å². The molecule has 29 heavy (non-hydrogen) atoms. The van der Waals surface area contributed by atoms with Crippen LogP contribution in [0.15, 0.2) is 42.6 Å². The lowest BCUT2D eigenvalue weighted by atomic mass is 10.2. The van der Waals surface area contributed by atoms with Crippen LogP contribution in [0, 0.1) is 0 Å². The molecule has 1 amide bonds. The summed E-state index contributed by atoms with van der Waals surface area (Å²) in [4.78, 5) is 19.4. The van der Waals surface area contributed by atoms with Crippen molar-refractivity contribution in [3.8, 4) is 11.7 Å². The molecule has 4 aromatic rings. The minimum Gasteiger partial charge on any atom is -0.480 e.